The first-order valence-electron chi connectivity index (χ1n) is 23.8. The highest BCUT2D eigenvalue weighted by Gasteiger charge is 2.55. The predicted octanol–water partition coefficient (Wildman–Crippen LogP) is -9.23. The molecule has 5 aliphatic heterocycles. The lowest BCUT2D eigenvalue weighted by Crippen LogP contribution is -2.68. The van der Waals surface area contributed by atoms with Crippen molar-refractivity contribution in [1.29, 1.82) is 0 Å². The molecule has 5 saturated heterocycles. The minimum atomic E-state index is -1.93. The molecular weight excluding hydrogens is 966 g/mol. The molecule has 29 nitrogen and oxygen atoms in total. The number of unbranched alkanes of at least 4 members (excludes halogenated alkanes) is 3. The fourth-order valence-corrected chi connectivity index (χ4v) is 8.80. The van der Waals surface area contributed by atoms with Crippen LogP contribution in [0.5, 0.6) is 0 Å². The molecule has 28 atom stereocenters. The zero-order valence-electron chi connectivity index (χ0n) is 39.6. The molecule has 0 aromatic carbocycles. The number of rotatable bonds is 25. The van der Waals surface area contributed by atoms with Crippen molar-refractivity contribution in [3.05, 3.63) is 0 Å². The van der Waals surface area contributed by atoms with Crippen LogP contribution in [0.3, 0.4) is 0 Å². The zero-order chi connectivity index (χ0) is 52.4. The third-order valence-corrected chi connectivity index (χ3v) is 13.3. The molecule has 418 valence electrons. The van der Waals surface area contributed by atoms with E-state index in [4.69, 9.17) is 62.6 Å². The van der Waals surface area contributed by atoms with E-state index in [9.17, 15) is 81.7 Å². The maximum atomic E-state index is 11.2. The van der Waals surface area contributed by atoms with E-state index in [2.05, 4.69) is 0 Å². The largest absolute Gasteiger partial charge is 0.394 e. The zero-order valence-corrected chi connectivity index (χ0v) is 39.6. The van der Waals surface area contributed by atoms with E-state index in [0.29, 0.717) is 6.42 Å². The lowest BCUT2D eigenvalue weighted by molar-refractivity contribution is -0.381. The molecule has 0 aromatic rings. The number of ether oxygens (including phenoxy) is 12. The number of aliphatic hydroxyl groups excluding tert-OH is 16. The van der Waals surface area contributed by atoms with E-state index in [1.807, 2.05) is 6.92 Å². The fraction of sp³-hybridized carbons (Fsp3) is 1.00. The predicted molar refractivity (Wildman–Crippen MR) is 228 cm³/mol. The van der Waals surface area contributed by atoms with Crippen LogP contribution in [-0.4, -0.2) is 300 Å². The van der Waals surface area contributed by atoms with Crippen LogP contribution >= 0.6 is 0 Å². The average molecular weight is 1040 g/mol. The molecule has 5 aliphatic rings. The SMILES string of the molecule is CCCCCCO[C@@H]1OC(CO)[C@@H](O[C@@H]2OC(CO)[C@H](OCOC(CO)[C@H](O)[C@@H](C)O[C@@H]3OC(CO)[C@H](O)[C@H](O[C@@H]4OC(CO)[C@H](O)[C@H](O)C4O[C@@H]4OC(C)C(O)[C@H](O)[C@@H]4O)C3N)[C@H](O)C2O)[C@H](O)C1O. The van der Waals surface area contributed by atoms with Gasteiger partial charge in [-0.3, -0.25) is 0 Å². The molecule has 5 fully saturated rings. The van der Waals surface area contributed by atoms with E-state index >= 15 is 0 Å². The monoisotopic (exact) mass is 1040 g/mol. The Hall–Kier alpha value is -1.16. The van der Waals surface area contributed by atoms with Crippen molar-refractivity contribution >= 4 is 0 Å². The molecule has 0 amide bonds. The molecule has 71 heavy (non-hydrogen) atoms. The van der Waals surface area contributed by atoms with Gasteiger partial charge in [-0.2, -0.15) is 0 Å². The average Bonchev–Trinajstić information content (AvgIpc) is 3.36. The Kier molecular flexibility index (Phi) is 24.2. The van der Waals surface area contributed by atoms with E-state index in [-0.39, 0.29) is 6.61 Å². The smallest absolute Gasteiger partial charge is 0.187 e. The summed E-state index contributed by atoms with van der Waals surface area (Å²) < 4.78 is 68.2. The third kappa shape index (κ3) is 14.5. The van der Waals surface area contributed by atoms with Crippen LogP contribution in [0.1, 0.15) is 46.5 Å². The lowest BCUT2D eigenvalue weighted by atomic mass is 9.95. The van der Waals surface area contributed by atoms with Crippen molar-refractivity contribution in [1.82, 2.24) is 0 Å². The summed E-state index contributed by atoms with van der Waals surface area (Å²) in [5, 5.41) is 169. The lowest BCUT2D eigenvalue weighted by Gasteiger charge is -2.49. The molecule has 18 N–H and O–H groups in total. The Balaban J connectivity index is 1.18. The molecular formula is C42H77NO28. The molecule has 0 spiro atoms. The number of hydrogen-bond donors (Lipinski definition) is 17. The maximum absolute atomic E-state index is 11.2. The fourth-order valence-electron chi connectivity index (χ4n) is 8.80. The van der Waals surface area contributed by atoms with E-state index in [1.54, 1.807) is 0 Å². The minimum absolute atomic E-state index is 0.208. The van der Waals surface area contributed by atoms with Gasteiger partial charge in [-0.25, -0.2) is 0 Å². The summed E-state index contributed by atoms with van der Waals surface area (Å²) in [6.45, 7) is -0.0596. The Morgan fingerprint density at radius 3 is 1.63 bits per heavy atom. The van der Waals surface area contributed by atoms with Crippen molar-refractivity contribution in [3.63, 3.8) is 0 Å². The second-order valence-corrected chi connectivity index (χ2v) is 18.3. The second-order valence-electron chi connectivity index (χ2n) is 18.3. The standard InChI is InChI=1S/C42H77NO28/c1-4-5-6-7-8-60-39-32(58)30(56)35(21(13-48)67-39)69-41-33(59)29(55)34(20(12-47)68-41)62-14-61-17(9-44)23(49)15(2)63-38-22(43)36(26(52)19(11-46)65-38)70-42-37(28(54)25(51)18(10-45)66-42)71-40-31(57)27(53)24(50)16(3)64-40/h15-42,44-59H,4-14,43H2,1-3H3/t15-,16?,17?,18?,19?,20?,21?,22?,23-,24?,25+,26+,27+,28+,29-,30-,31+,32?,33?,34+,35-,36-,37?,38-,39-,40+,41+,42+/m1/s1. The number of hydrogen-bond acceptors (Lipinski definition) is 29. The molecule has 0 radical (unpaired) electrons. The highest BCUT2D eigenvalue weighted by Crippen LogP contribution is 2.35. The van der Waals surface area contributed by atoms with Crippen molar-refractivity contribution in [2.45, 2.75) is 218 Å². The first-order valence-corrected chi connectivity index (χ1v) is 23.8. The normalized spacial score (nSPS) is 45.9. The summed E-state index contributed by atoms with van der Waals surface area (Å²) in [6, 6.07) is -1.54. The van der Waals surface area contributed by atoms with E-state index < -0.39 is 212 Å². The van der Waals surface area contributed by atoms with Crippen LogP contribution < -0.4 is 5.73 Å². The Morgan fingerprint density at radius 1 is 0.493 bits per heavy atom. The first kappa shape index (κ1) is 60.7. The van der Waals surface area contributed by atoms with Crippen LogP contribution in [0.2, 0.25) is 0 Å². The van der Waals surface area contributed by atoms with Crippen molar-refractivity contribution in [2.75, 3.05) is 46.4 Å². The van der Waals surface area contributed by atoms with Gasteiger partial charge in [0.25, 0.3) is 0 Å². The highest BCUT2D eigenvalue weighted by molar-refractivity contribution is 4.98. The molecule has 29 heteroatoms. The molecule has 0 aliphatic carbocycles. The molecule has 5 heterocycles. The van der Waals surface area contributed by atoms with Crippen LogP contribution in [0.25, 0.3) is 0 Å². The Labute approximate surface area is 408 Å². The van der Waals surface area contributed by atoms with Crippen LogP contribution in [0, 0.1) is 0 Å². The summed E-state index contributed by atoms with van der Waals surface area (Å²) in [5.74, 6) is 0. The van der Waals surface area contributed by atoms with E-state index in [1.165, 1.54) is 13.8 Å². The molecule has 0 aromatic heterocycles. The van der Waals surface area contributed by atoms with Crippen LogP contribution in [0.15, 0.2) is 0 Å². The van der Waals surface area contributed by atoms with Gasteiger partial charge in [-0.15, -0.1) is 0 Å². The van der Waals surface area contributed by atoms with Crippen molar-refractivity contribution < 1.29 is 139 Å². The number of aliphatic hydroxyl groups is 16. The highest BCUT2D eigenvalue weighted by atomic mass is 16.8. The van der Waals surface area contributed by atoms with Gasteiger partial charge in [0.1, 0.15) is 129 Å². The quantitative estimate of drug-likeness (QED) is 0.0298. The summed E-state index contributed by atoms with van der Waals surface area (Å²) in [6.07, 6.45) is -40.6. The van der Waals surface area contributed by atoms with Gasteiger partial charge in [0, 0.05) is 6.61 Å². The Morgan fingerprint density at radius 2 is 1.00 bits per heavy atom. The summed E-state index contributed by atoms with van der Waals surface area (Å²) >= 11 is 0. The van der Waals surface area contributed by atoms with Gasteiger partial charge in [0.05, 0.1) is 51.3 Å². The first-order chi connectivity index (χ1) is 33.8. The van der Waals surface area contributed by atoms with Gasteiger partial charge in [-0.05, 0) is 20.3 Å². The van der Waals surface area contributed by atoms with Gasteiger partial charge in [0.15, 0.2) is 31.5 Å². The number of nitrogens with two attached hydrogens (primary N) is 1. The van der Waals surface area contributed by atoms with Crippen LogP contribution in [0.4, 0.5) is 0 Å². The van der Waals surface area contributed by atoms with E-state index in [0.717, 1.165) is 19.3 Å². The second kappa shape index (κ2) is 28.3. The van der Waals surface area contributed by atoms with Gasteiger partial charge < -0.3 is 144 Å². The minimum Gasteiger partial charge on any atom is -0.394 e. The van der Waals surface area contributed by atoms with Crippen LogP contribution in [-0.2, 0) is 56.8 Å². The van der Waals surface area contributed by atoms with Crippen molar-refractivity contribution in [3.8, 4) is 0 Å². The molecule has 11 unspecified atom stereocenters. The topological polar surface area (TPSA) is 460 Å². The maximum Gasteiger partial charge on any atom is 0.187 e. The molecule has 5 rings (SSSR count). The summed E-state index contributed by atoms with van der Waals surface area (Å²) in [7, 11) is 0. The van der Waals surface area contributed by atoms with Gasteiger partial charge >= 0.3 is 0 Å². The Bertz CT molecular complexity index is 1510. The molecule has 0 saturated carbocycles. The third-order valence-electron chi connectivity index (χ3n) is 13.3. The summed E-state index contributed by atoms with van der Waals surface area (Å²) in [5.41, 5.74) is 6.46. The van der Waals surface area contributed by atoms with Gasteiger partial charge in [-0.1, -0.05) is 26.2 Å². The van der Waals surface area contributed by atoms with Gasteiger partial charge in [0.2, 0.25) is 0 Å². The summed E-state index contributed by atoms with van der Waals surface area (Å²) in [4.78, 5) is 0. The molecule has 0 bridgehead atoms. The van der Waals surface area contributed by atoms with Crippen molar-refractivity contribution in [2.24, 2.45) is 5.73 Å².